The normalized spacial score (nSPS) is 16.1. The van der Waals surface area contributed by atoms with Crippen molar-refractivity contribution in [2.24, 2.45) is 5.41 Å². The van der Waals surface area contributed by atoms with Gasteiger partial charge in [-0.05, 0) is 36.8 Å². The standard InChI is InChI=1S/C14H19FN2O2/c1-2-3-14(4-5-14)8-17-12-7-10(15)9(13(18)19)6-11(12)16/h6-7,17H,2-5,8,16H2,1H3,(H,18,19). The summed E-state index contributed by atoms with van der Waals surface area (Å²) in [6.07, 6.45) is 4.64. The molecule has 0 bridgehead atoms. The van der Waals surface area contributed by atoms with Crippen LogP contribution in [0.5, 0.6) is 0 Å². The average Bonchev–Trinajstić information content (AvgIpc) is 3.10. The van der Waals surface area contributed by atoms with Crippen LogP contribution in [-0.4, -0.2) is 17.6 Å². The number of carboxylic acid groups (broad SMARTS) is 1. The third kappa shape index (κ3) is 2.97. The highest BCUT2D eigenvalue weighted by Gasteiger charge is 2.41. The van der Waals surface area contributed by atoms with Crippen LogP contribution in [0, 0.1) is 11.2 Å². The van der Waals surface area contributed by atoms with E-state index in [0.717, 1.165) is 19.4 Å². The second-order valence-electron chi connectivity index (χ2n) is 5.33. The molecule has 1 saturated carbocycles. The maximum Gasteiger partial charge on any atom is 0.338 e. The Balaban J connectivity index is 2.09. The minimum Gasteiger partial charge on any atom is -0.478 e. The first-order valence-corrected chi connectivity index (χ1v) is 6.53. The Morgan fingerprint density at radius 3 is 2.74 bits per heavy atom. The molecule has 19 heavy (non-hydrogen) atoms. The van der Waals surface area contributed by atoms with Gasteiger partial charge in [0.2, 0.25) is 0 Å². The smallest absolute Gasteiger partial charge is 0.338 e. The van der Waals surface area contributed by atoms with Gasteiger partial charge in [-0.25, -0.2) is 9.18 Å². The zero-order chi connectivity index (χ0) is 14.0. The number of nitrogens with one attached hydrogen (secondary N) is 1. The molecule has 1 aromatic carbocycles. The maximum atomic E-state index is 13.6. The fraction of sp³-hybridized carbons (Fsp3) is 0.500. The molecule has 0 atom stereocenters. The van der Waals surface area contributed by atoms with E-state index in [2.05, 4.69) is 12.2 Å². The van der Waals surface area contributed by atoms with Crippen LogP contribution in [-0.2, 0) is 0 Å². The fourth-order valence-corrected chi connectivity index (χ4v) is 2.41. The van der Waals surface area contributed by atoms with Crippen molar-refractivity contribution >= 4 is 17.3 Å². The first-order valence-electron chi connectivity index (χ1n) is 6.53. The molecule has 0 saturated heterocycles. The van der Waals surface area contributed by atoms with Gasteiger partial charge < -0.3 is 16.2 Å². The Morgan fingerprint density at radius 1 is 1.53 bits per heavy atom. The van der Waals surface area contributed by atoms with Gasteiger partial charge >= 0.3 is 5.97 Å². The molecule has 0 unspecified atom stereocenters. The first kappa shape index (κ1) is 13.6. The van der Waals surface area contributed by atoms with Crippen molar-refractivity contribution < 1.29 is 14.3 Å². The molecule has 0 heterocycles. The highest BCUT2D eigenvalue weighted by atomic mass is 19.1. The summed E-state index contributed by atoms with van der Waals surface area (Å²) in [4.78, 5) is 10.8. The summed E-state index contributed by atoms with van der Waals surface area (Å²) in [6.45, 7) is 2.91. The number of nitrogens with two attached hydrogens (primary N) is 1. The quantitative estimate of drug-likeness (QED) is 0.691. The predicted molar refractivity (Wildman–Crippen MR) is 72.8 cm³/mol. The number of anilines is 2. The molecule has 1 aliphatic rings. The van der Waals surface area contributed by atoms with E-state index in [1.807, 2.05) is 0 Å². The predicted octanol–water partition coefficient (Wildman–Crippen LogP) is 3.10. The van der Waals surface area contributed by atoms with Crippen LogP contribution >= 0.6 is 0 Å². The van der Waals surface area contributed by atoms with Crippen LogP contribution < -0.4 is 11.1 Å². The van der Waals surface area contributed by atoms with Gasteiger partial charge in [-0.15, -0.1) is 0 Å². The van der Waals surface area contributed by atoms with Crippen molar-refractivity contribution in [3.8, 4) is 0 Å². The van der Waals surface area contributed by atoms with Crippen LogP contribution in [0.15, 0.2) is 12.1 Å². The monoisotopic (exact) mass is 266 g/mol. The lowest BCUT2D eigenvalue weighted by atomic mass is 10.0. The zero-order valence-corrected chi connectivity index (χ0v) is 11.0. The summed E-state index contributed by atoms with van der Waals surface area (Å²) in [5.74, 6) is -2.06. The van der Waals surface area contributed by atoms with Crippen LogP contribution in [0.2, 0.25) is 0 Å². The van der Waals surface area contributed by atoms with Gasteiger partial charge in [0.1, 0.15) is 5.82 Å². The van der Waals surface area contributed by atoms with Gasteiger partial charge in [0.05, 0.1) is 16.9 Å². The van der Waals surface area contributed by atoms with E-state index in [-0.39, 0.29) is 5.69 Å². The molecule has 0 spiro atoms. The molecule has 1 aliphatic carbocycles. The maximum absolute atomic E-state index is 13.6. The fourth-order valence-electron chi connectivity index (χ4n) is 2.41. The van der Waals surface area contributed by atoms with Crippen LogP contribution in [0.1, 0.15) is 43.0 Å². The molecule has 104 valence electrons. The van der Waals surface area contributed by atoms with Crippen molar-refractivity contribution in [2.75, 3.05) is 17.6 Å². The van der Waals surface area contributed by atoms with Crippen molar-refractivity contribution in [3.63, 3.8) is 0 Å². The molecule has 0 radical (unpaired) electrons. The van der Waals surface area contributed by atoms with Gasteiger partial charge in [-0.3, -0.25) is 0 Å². The molecule has 1 fully saturated rings. The second kappa shape index (κ2) is 5.07. The molecule has 0 aliphatic heterocycles. The highest BCUT2D eigenvalue weighted by Crippen LogP contribution is 2.49. The molecule has 4 N–H and O–H groups in total. The Kier molecular flexibility index (Phi) is 3.64. The van der Waals surface area contributed by atoms with Crippen molar-refractivity contribution in [1.29, 1.82) is 0 Å². The van der Waals surface area contributed by atoms with Gasteiger partial charge in [0.15, 0.2) is 0 Å². The van der Waals surface area contributed by atoms with E-state index in [4.69, 9.17) is 10.8 Å². The second-order valence-corrected chi connectivity index (χ2v) is 5.33. The largest absolute Gasteiger partial charge is 0.478 e. The van der Waals surface area contributed by atoms with Gasteiger partial charge in [-0.1, -0.05) is 13.3 Å². The summed E-state index contributed by atoms with van der Waals surface area (Å²) in [7, 11) is 0. The Hall–Kier alpha value is -1.78. The van der Waals surface area contributed by atoms with E-state index in [0.29, 0.717) is 11.1 Å². The Morgan fingerprint density at radius 2 is 2.21 bits per heavy atom. The Bertz CT molecular complexity index is 498. The number of hydrogen-bond acceptors (Lipinski definition) is 3. The summed E-state index contributed by atoms with van der Waals surface area (Å²) in [5, 5.41) is 12.0. The molecule has 0 amide bonds. The van der Waals surface area contributed by atoms with Crippen LogP contribution in [0.4, 0.5) is 15.8 Å². The number of rotatable bonds is 6. The van der Waals surface area contributed by atoms with E-state index in [9.17, 15) is 9.18 Å². The number of benzene rings is 1. The summed E-state index contributed by atoms with van der Waals surface area (Å²) < 4.78 is 13.6. The third-order valence-electron chi connectivity index (χ3n) is 3.76. The van der Waals surface area contributed by atoms with Crippen molar-refractivity contribution in [1.82, 2.24) is 0 Å². The SMILES string of the molecule is CCCC1(CNc2cc(F)c(C(=O)O)cc2N)CC1. The summed E-state index contributed by atoms with van der Waals surface area (Å²) >= 11 is 0. The number of nitrogen functional groups attached to an aromatic ring is 1. The van der Waals surface area contributed by atoms with Gasteiger partial charge in [0, 0.05) is 6.54 Å². The lowest BCUT2D eigenvalue weighted by molar-refractivity contribution is 0.0692. The first-order chi connectivity index (χ1) is 8.97. The molecule has 1 aromatic rings. The van der Waals surface area contributed by atoms with E-state index >= 15 is 0 Å². The van der Waals surface area contributed by atoms with E-state index in [1.54, 1.807) is 0 Å². The lowest BCUT2D eigenvalue weighted by Crippen LogP contribution is -2.16. The Labute approximate surface area is 111 Å². The van der Waals surface area contributed by atoms with Crippen molar-refractivity contribution in [3.05, 3.63) is 23.5 Å². The zero-order valence-electron chi connectivity index (χ0n) is 11.0. The molecule has 5 heteroatoms. The molecular formula is C14H19FN2O2. The number of halogens is 1. The van der Waals surface area contributed by atoms with Crippen LogP contribution in [0.25, 0.3) is 0 Å². The van der Waals surface area contributed by atoms with Gasteiger partial charge in [0.25, 0.3) is 0 Å². The number of hydrogen-bond donors (Lipinski definition) is 3. The topological polar surface area (TPSA) is 75.3 Å². The third-order valence-corrected chi connectivity index (χ3v) is 3.76. The molecule has 0 aromatic heterocycles. The molecular weight excluding hydrogens is 247 g/mol. The summed E-state index contributed by atoms with van der Waals surface area (Å²) in [6, 6.07) is 2.33. The summed E-state index contributed by atoms with van der Waals surface area (Å²) in [5.41, 5.74) is 6.44. The minimum atomic E-state index is -1.31. The average molecular weight is 266 g/mol. The number of carbonyl (C=O) groups is 1. The lowest BCUT2D eigenvalue weighted by Gasteiger charge is -2.17. The molecule has 2 rings (SSSR count). The van der Waals surface area contributed by atoms with Crippen LogP contribution in [0.3, 0.4) is 0 Å². The van der Waals surface area contributed by atoms with Gasteiger partial charge in [-0.2, -0.15) is 0 Å². The number of carboxylic acids is 1. The van der Waals surface area contributed by atoms with E-state index < -0.39 is 17.3 Å². The minimum absolute atomic E-state index is 0.270. The number of aromatic carboxylic acids is 1. The highest BCUT2D eigenvalue weighted by molar-refractivity contribution is 5.90. The molecule has 4 nitrogen and oxygen atoms in total. The van der Waals surface area contributed by atoms with E-state index in [1.165, 1.54) is 25.0 Å². The van der Waals surface area contributed by atoms with Crippen molar-refractivity contribution in [2.45, 2.75) is 32.6 Å².